The van der Waals surface area contributed by atoms with E-state index >= 15 is 0 Å². The normalized spacial score (nSPS) is 12.8. The molecule has 0 fully saturated rings. The number of unbranched alkanes of at least 4 members (excludes halogenated alkanes) is 8. The van der Waals surface area contributed by atoms with Crippen LogP contribution in [-0.4, -0.2) is 43.6 Å². The number of benzene rings is 1. The second-order valence-electron chi connectivity index (χ2n) is 8.90. The molecule has 32 heavy (non-hydrogen) atoms. The van der Waals surface area contributed by atoms with E-state index < -0.39 is 18.4 Å². The first-order chi connectivity index (χ1) is 15.3. The molecule has 0 saturated carbocycles. The summed E-state index contributed by atoms with van der Waals surface area (Å²) < 4.78 is 43.3. The minimum Gasteiger partial charge on any atom is -0.493 e. The Kier molecular flexibility index (Phi) is 14.3. The molecular formula is C26H42F3NO2. The molecule has 184 valence electrons. The number of carbonyl (C=O) groups is 1. The molecule has 0 radical (unpaired) electrons. The lowest BCUT2D eigenvalue weighted by molar-refractivity contribution is -0.171. The van der Waals surface area contributed by atoms with Crippen LogP contribution in [0.1, 0.15) is 89.5 Å². The molecule has 0 aliphatic rings. The number of hydrogen-bond acceptors (Lipinski definition) is 3. The highest BCUT2D eigenvalue weighted by atomic mass is 19.4. The van der Waals surface area contributed by atoms with E-state index in [0.29, 0.717) is 24.0 Å². The first-order valence-electron chi connectivity index (χ1n) is 12.2. The highest BCUT2D eigenvalue weighted by Gasteiger charge is 2.37. The Bertz CT molecular complexity index is 632. The molecular weight excluding hydrogens is 415 g/mol. The highest BCUT2D eigenvalue weighted by molar-refractivity contribution is 5.84. The Balaban J connectivity index is 2.34. The van der Waals surface area contributed by atoms with Gasteiger partial charge in [0, 0.05) is 12.5 Å². The van der Waals surface area contributed by atoms with Crippen molar-refractivity contribution in [2.45, 2.75) is 103 Å². The number of aryl methyl sites for hydroxylation is 1. The summed E-state index contributed by atoms with van der Waals surface area (Å²) in [5.41, 5.74) is 0.644. The van der Waals surface area contributed by atoms with Crippen LogP contribution in [0.25, 0.3) is 0 Å². The van der Waals surface area contributed by atoms with E-state index in [9.17, 15) is 18.0 Å². The molecule has 0 heterocycles. The quantitative estimate of drug-likeness (QED) is 0.216. The van der Waals surface area contributed by atoms with E-state index in [-0.39, 0.29) is 6.42 Å². The third-order valence-electron chi connectivity index (χ3n) is 5.99. The molecule has 0 spiro atoms. The van der Waals surface area contributed by atoms with E-state index in [0.717, 1.165) is 12.8 Å². The predicted molar refractivity (Wildman–Crippen MR) is 125 cm³/mol. The number of ketones is 1. The van der Waals surface area contributed by atoms with Gasteiger partial charge in [0.05, 0.1) is 6.61 Å². The number of alkyl halides is 3. The SMILES string of the molecule is CCCCCCCCCCCC(CCOc1ccccc1CCC(=O)C(F)(F)F)N(C)C. The zero-order chi connectivity index (χ0) is 23.8. The van der Waals surface area contributed by atoms with Crippen LogP contribution in [0.15, 0.2) is 24.3 Å². The fourth-order valence-electron chi connectivity index (χ4n) is 3.90. The van der Waals surface area contributed by atoms with Crippen molar-refractivity contribution in [2.24, 2.45) is 0 Å². The summed E-state index contributed by atoms with van der Waals surface area (Å²) in [6.45, 7) is 2.75. The first kappa shape index (κ1) is 28.5. The minimum absolute atomic E-state index is 0.0318. The summed E-state index contributed by atoms with van der Waals surface area (Å²) in [6.07, 6.45) is 8.48. The Morgan fingerprint density at radius 1 is 0.938 bits per heavy atom. The van der Waals surface area contributed by atoms with Crippen molar-refractivity contribution in [2.75, 3.05) is 20.7 Å². The number of hydrogen-bond donors (Lipinski definition) is 0. The molecule has 1 rings (SSSR count). The van der Waals surface area contributed by atoms with Gasteiger partial charge in [-0.2, -0.15) is 13.2 Å². The third-order valence-corrected chi connectivity index (χ3v) is 5.99. The van der Waals surface area contributed by atoms with Crippen molar-refractivity contribution in [1.29, 1.82) is 0 Å². The molecule has 0 aromatic heterocycles. The maximum atomic E-state index is 12.5. The van der Waals surface area contributed by atoms with Crippen LogP contribution in [0.2, 0.25) is 0 Å². The monoisotopic (exact) mass is 457 g/mol. The molecule has 1 aromatic rings. The standard InChI is InChI=1S/C26H42F3NO2/c1-4-5-6-7-8-9-10-11-12-16-23(30(2)3)20-21-32-24-17-14-13-15-22(24)18-19-25(31)26(27,28)29/h13-15,17,23H,4-12,16,18-21H2,1-3H3. The number of rotatable bonds is 18. The Labute approximate surface area is 192 Å². The average Bonchev–Trinajstić information content (AvgIpc) is 2.74. The van der Waals surface area contributed by atoms with Crippen molar-refractivity contribution in [3.63, 3.8) is 0 Å². The fraction of sp³-hybridized carbons (Fsp3) is 0.731. The average molecular weight is 458 g/mol. The largest absolute Gasteiger partial charge is 0.493 e. The number of carbonyl (C=O) groups excluding carboxylic acids is 1. The second-order valence-corrected chi connectivity index (χ2v) is 8.90. The summed E-state index contributed by atoms with van der Waals surface area (Å²) in [4.78, 5) is 13.4. The molecule has 1 atom stereocenters. The van der Waals surface area contributed by atoms with Crippen molar-refractivity contribution >= 4 is 5.78 Å². The number of ether oxygens (including phenoxy) is 1. The molecule has 1 aromatic carbocycles. The van der Waals surface area contributed by atoms with Gasteiger partial charge in [-0.1, -0.05) is 82.9 Å². The molecule has 0 aliphatic heterocycles. The number of para-hydroxylation sites is 1. The topological polar surface area (TPSA) is 29.5 Å². The number of nitrogens with zero attached hydrogens (tertiary/aromatic N) is 1. The molecule has 6 heteroatoms. The van der Waals surface area contributed by atoms with E-state index in [1.54, 1.807) is 24.3 Å². The van der Waals surface area contributed by atoms with Crippen molar-refractivity contribution in [3.05, 3.63) is 29.8 Å². The van der Waals surface area contributed by atoms with Crippen molar-refractivity contribution in [3.8, 4) is 5.75 Å². The van der Waals surface area contributed by atoms with Gasteiger partial charge in [-0.3, -0.25) is 4.79 Å². The highest BCUT2D eigenvalue weighted by Crippen LogP contribution is 2.24. The summed E-state index contributed by atoms with van der Waals surface area (Å²) >= 11 is 0. The van der Waals surface area contributed by atoms with Crippen LogP contribution < -0.4 is 4.74 Å². The van der Waals surface area contributed by atoms with Crippen LogP contribution >= 0.6 is 0 Å². The van der Waals surface area contributed by atoms with Gasteiger partial charge >= 0.3 is 6.18 Å². The molecule has 1 unspecified atom stereocenters. The zero-order valence-electron chi connectivity index (χ0n) is 20.2. The lowest BCUT2D eigenvalue weighted by atomic mass is 10.0. The lowest BCUT2D eigenvalue weighted by Gasteiger charge is -2.24. The summed E-state index contributed by atoms with van der Waals surface area (Å²) in [5.74, 6) is -1.12. The fourth-order valence-corrected chi connectivity index (χ4v) is 3.90. The van der Waals surface area contributed by atoms with Gasteiger partial charge < -0.3 is 9.64 Å². The summed E-state index contributed by atoms with van der Waals surface area (Å²) in [7, 11) is 4.16. The van der Waals surface area contributed by atoms with Gasteiger partial charge in [-0.05, 0) is 45.0 Å². The Morgan fingerprint density at radius 2 is 1.53 bits per heavy atom. The molecule has 0 aliphatic carbocycles. The van der Waals surface area contributed by atoms with E-state index in [1.165, 1.54) is 57.8 Å². The molecule has 0 N–H and O–H groups in total. The summed E-state index contributed by atoms with van der Waals surface area (Å²) in [5, 5.41) is 0. The van der Waals surface area contributed by atoms with E-state index in [1.807, 2.05) is 0 Å². The molecule has 0 amide bonds. The molecule has 3 nitrogen and oxygen atoms in total. The van der Waals surface area contributed by atoms with Gasteiger partial charge in [-0.15, -0.1) is 0 Å². The van der Waals surface area contributed by atoms with Crippen molar-refractivity contribution < 1.29 is 22.7 Å². The first-order valence-corrected chi connectivity index (χ1v) is 12.2. The van der Waals surface area contributed by atoms with Crippen LogP contribution in [0.5, 0.6) is 5.75 Å². The lowest BCUT2D eigenvalue weighted by Crippen LogP contribution is -2.29. The second kappa shape index (κ2) is 16.1. The van der Waals surface area contributed by atoms with Crippen LogP contribution in [0.4, 0.5) is 13.2 Å². The van der Waals surface area contributed by atoms with Crippen LogP contribution in [0, 0.1) is 0 Å². The van der Waals surface area contributed by atoms with Crippen molar-refractivity contribution in [1.82, 2.24) is 4.90 Å². The zero-order valence-corrected chi connectivity index (χ0v) is 20.2. The minimum atomic E-state index is -4.77. The number of halogens is 3. The number of Topliss-reactive ketones (excluding diaryl/α,β-unsaturated/α-hetero) is 1. The Morgan fingerprint density at radius 3 is 2.12 bits per heavy atom. The van der Waals surface area contributed by atoms with E-state index in [4.69, 9.17) is 4.74 Å². The van der Waals surface area contributed by atoms with E-state index in [2.05, 4.69) is 25.9 Å². The van der Waals surface area contributed by atoms with Gasteiger partial charge in [-0.25, -0.2) is 0 Å². The summed E-state index contributed by atoms with van der Waals surface area (Å²) in [6, 6.07) is 7.46. The van der Waals surface area contributed by atoms with Gasteiger partial charge in [0.1, 0.15) is 5.75 Å². The van der Waals surface area contributed by atoms with Crippen LogP contribution in [0.3, 0.4) is 0 Å². The van der Waals surface area contributed by atoms with Gasteiger partial charge in [0.15, 0.2) is 0 Å². The molecule has 0 saturated heterocycles. The Hall–Kier alpha value is -1.56. The maximum absolute atomic E-state index is 12.5. The molecule has 0 bridgehead atoms. The van der Waals surface area contributed by atoms with Crippen LogP contribution in [-0.2, 0) is 11.2 Å². The smallest absolute Gasteiger partial charge is 0.449 e. The van der Waals surface area contributed by atoms with Gasteiger partial charge in [0.25, 0.3) is 0 Å². The maximum Gasteiger partial charge on any atom is 0.449 e. The van der Waals surface area contributed by atoms with Gasteiger partial charge in [0.2, 0.25) is 5.78 Å². The third kappa shape index (κ3) is 12.5. The predicted octanol–water partition coefficient (Wildman–Crippen LogP) is 7.37.